The van der Waals surface area contributed by atoms with E-state index in [1.165, 1.54) is 12.3 Å². The van der Waals surface area contributed by atoms with Crippen LogP contribution in [-0.2, 0) is 0 Å². The first-order valence-electron chi connectivity index (χ1n) is 7.61. The van der Waals surface area contributed by atoms with Crippen LogP contribution >= 0.6 is 34.8 Å². The van der Waals surface area contributed by atoms with E-state index in [1.807, 2.05) is 0 Å². The Morgan fingerprint density at radius 2 is 1.44 bits per heavy atom. The van der Waals surface area contributed by atoms with Gasteiger partial charge in [-0.3, -0.25) is 14.6 Å². The van der Waals surface area contributed by atoms with E-state index in [4.69, 9.17) is 34.8 Å². The molecule has 1 aliphatic rings. The summed E-state index contributed by atoms with van der Waals surface area (Å²) in [5.74, 6) is -0.367. The van der Waals surface area contributed by atoms with Crippen LogP contribution in [0, 0.1) is 0 Å². The van der Waals surface area contributed by atoms with Gasteiger partial charge in [0.15, 0.2) is 0 Å². The second-order valence-electron chi connectivity index (χ2n) is 5.57. The maximum absolute atomic E-state index is 12.6. The largest absolute Gasteiger partial charge is 0.335 e. The summed E-state index contributed by atoms with van der Waals surface area (Å²) in [5.41, 5.74) is 0.704. The molecule has 130 valence electrons. The number of hydrogen-bond acceptors (Lipinski definition) is 3. The molecule has 0 spiro atoms. The van der Waals surface area contributed by atoms with Gasteiger partial charge in [0.05, 0.1) is 10.6 Å². The number of hydrogen-bond donors (Lipinski definition) is 0. The van der Waals surface area contributed by atoms with Crippen LogP contribution < -0.4 is 0 Å². The molecule has 5 nitrogen and oxygen atoms in total. The van der Waals surface area contributed by atoms with Crippen molar-refractivity contribution >= 4 is 46.6 Å². The first-order valence-corrected chi connectivity index (χ1v) is 8.74. The van der Waals surface area contributed by atoms with Gasteiger partial charge in [-0.15, -0.1) is 0 Å². The van der Waals surface area contributed by atoms with E-state index in [-0.39, 0.29) is 11.8 Å². The quantitative estimate of drug-likeness (QED) is 0.776. The van der Waals surface area contributed by atoms with E-state index in [0.29, 0.717) is 52.5 Å². The van der Waals surface area contributed by atoms with E-state index in [2.05, 4.69) is 4.98 Å². The summed E-state index contributed by atoms with van der Waals surface area (Å²) >= 11 is 17.9. The highest BCUT2D eigenvalue weighted by molar-refractivity contribution is 6.36. The van der Waals surface area contributed by atoms with Crippen molar-refractivity contribution in [2.45, 2.75) is 0 Å². The highest BCUT2D eigenvalue weighted by Crippen LogP contribution is 2.23. The average Bonchev–Trinajstić information content (AvgIpc) is 2.61. The monoisotopic (exact) mass is 397 g/mol. The summed E-state index contributed by atoms with van der Waals surface area (Å²) in [6.07, 6.45) is 1.50. The van der Waals surface area contributed by atoms with Crippen molar-refractivity contribution in [3.63, 3.8) is 0 Å². The van der Waals surface area contributed by atoms with E-state index < -0.39 is 0 Å². The average molecular weight is 399 g/mol. The summed E-state index contributed by atoms with van der Waals surface area (Å²) in [6, 6.07) is 7.94. The molecule has 2 amide bonds. The van der Waals surface area contributed by atoms with Crippen LogP contribution in [0.1, 0.15) is 20.8 Å². The lowest BCUT2D eigenvalue weighted by molar-refractivity contribution is 0.0532. The summed E-state index contributed by atoms with van der Waals surface area (Å²) in [7, 11) is 0. The Morgan fingerprint density at radius 3 is 2.04 bits per heavy atom. The van der Waals surface area contributed by atoms with Gasteiger partial charge < -0.3 is 9.80 Å². The highest BCUT2D eigenvalue weighted by atomic mass is 35.5. The predicted molar refractivity (Wildman–Crippen MR) is 97.5 cm³/mol. The van der Waals surface area contributed by atoms with Crippen molar-refractivity contribution in [3.8, 4) is 0 Å². The molecule has 8 heteroatoms. The van der Waals surface area contributed by atoms with Crippen LogP contribution in [0.4, 0.5) is 0 Å². The highest BCUT2D eigenvalue weighted by Gasteiger charge is 2.27. The predicted octanol–water partition coefficient (Wildman–Crippen LogP) is 3.64. The van der Waals surface area contributed by atoms with Gasteiger partial charge in [0, 0.05) is 42.4 Å². The number of rotatable bonds is 2. The molecule has 3 rings (SSSR count). The van der Waals surface area contributed by atoms with Gasteiger partial charge in [-0.25, -0.2) is 0 Å². The minimum absolute atomic E-state index is 0.172. The van der Waals surface area contributed by atoms with Crippen LogP contribution in [0.15, 0.2) is 36.5 Å². The van der Waals surface area contributed by atoms with Crippen LogP contribution in [0.3, 0.4) is 0 Å². The molecule has 1 aromatic carbocycles. The first kappa shape index (κ1) is 18.0. The number of carbonyl (C=O) groups is 2. The fraction of sp³-hybridized carbons (Fsp3) is 0.235. The van der Waals surface area contributed by atoms with Gasteiger partial charge in [0.25, 0.3) is 11.8 Å². The standard InChI is InChI=1S/C17H14Cl3N3O2/c18-11-1-2-13(14(20)9-11)16(24)22-5-7-23(8-6-22)17(25)15-10-12(19)3-4-21-15/h1-4,9-10H,5-8H2. The molecule has 1 saturated heterocycles. The molecule has 1 aliphatic heterocycles. The zero-order valence-electron chi connectivity index (χ0n) is 13.1. The number of nitrogens with zero attached hydrogens (tertiary/aromatic N) is 3. The third kappa shape index (κ3) is 4.06. The van der Waals surface area contributed by atoms with Crippen molar-refractivity contribution in [1.82, 2.24) is 14.8 Å². The van der Waals surface area contributed by atoms with E-state index in [0.717, 1.165) is 0 Å². The number of piperazine rings is 1. The van der Waals surface area contributed by atoms with E-state index in [1.54, 1.807) is 34.1 Å². The lowest BCUT2D eigenvalue weighted by Crippen LogP contribution is -2.50. The summed E-state index contributed by atoms with van der Waals surface area (Å²) in [4.78, 5) is 32.4. The Hall–Kier alpha value is -1.82. The number of carbonyl (C=O) groups excluding carboxylic acids is 2. The normalized spacial score (nSPS) is 14.5. The third-order valence-corrected chi connectivity index (χ3v) is 4.74. The second kappa shape index (κ2) is 7.60. The molecule has 0 aliphatic carbocycles. The maximum atomic E-state index is 12.6. The Kier molecular flexibility index (Phi) is 5.47. The van der Waals surface area contributed by atoms with Gasteiger partial charge >= 0.3 is 0 Å². The lowest BCUT2D eigenvalue weighted by Gasteiger charge is -2.34. The van der Waals surface area contributed by atoms with Crippen LogP contribution in [0.2, 0.25) is 15.1 Å². The summed E-state index contributed by atoms with van der Waals surface area (Å²) in [6.45, 7) is 1.68. The van der Waals surface area contributed by atoms with Gasteiger partial charge in [0.1, 0.15) is 5.69 Å². The van der Waals surface area contributed by atoms with Crippen LogP contribution in [-0.4, -0.2) is 52.8 Å². The number of aromatic nitrogens is 1. The maximum Gasteiger partial charge on any atom is 0.272 e. The molecule has 0 atom stereocenters. The summed E-state index contributed by atoms with van der Waals surface area (Å²) < 4.78 is 0. The molecule has 0 saturated carbocycles. The third-order valence-electron chi connectivity index (χ3n) is 3.96. The molecule has 1 aromatic heterocycles. The first-order chi connectivity index (χ1) is 12.0. The SMILES string of the molecule is O=C(c1cc(Cl)ccn1)N1CCN(C(=O)c2ccc(Cl)cc2Cl)CC1. The van der Waals surface area contributed by atoms with Crippen molar-refractivity contribution in [3.05, 3.63) is 62.9 Å². The molecular weight excluding hydrogens is 385 g/mol. The van der Waals surface area contributed by atoms with Crippen molar-refractivity contribution in [2.24, 2.45) is 0 Å². The van der Waals surface area contributed by atoms with Crippen LogP contribution in [0.5, 0.6) is 0 Å². The number of pyridine rings is 1. The van der Waals surface area contributed by atoms with Gasteiger partial charge in [-0.05, 0) is 30.3 Å². The van der Waals surface area contributed by atoms with Gasteiger partial charge in [0.2, 0.25) is 0 Å². The molecule has 0 bridgehead atoms. The van der Waals surface area contributed by atoms with E-state index >= 15 is 0 Å². The second-order valence-corrected chi connectivity index (χ2v) is 6.85. The minimum Gasteiger partial charge on any atom is -0.335 e. The zero-order valence-corrected chi connectivity index (χ0v) is 15.4. The van der Waals surface area contributed by atoms with Crippen molar-refractivity contribution in [1.29, 1.82) is 0 Å². The van der Waals surface area contributed by atoms with Gasteiger partial charge in [-0.1, -0.05) is 34.8 Å². The van der Waals surface area contributed by atoms with Crippen molar-refractivity contribution in [2.75, 3.05) is 26.2 Å². The molecule has 0 N–H and O–H groups in total. The Bertz CT molecular complexity index is 821. The fourth-order valence-electron chi connectivity index (χ4n) is 2.63. The Balaban J connectivity index is 1.65. The number of benzene rings is 1. The Morgan fingerprint density at radius 1 is 0.840 bits per heavy atom. The molecule has 0 unspecified atom stereocenters. The molecule has 0 radical (unpaired) electrons. The number of amides is 2. The van der Waals surface area contributed by atoms with Gasteiger partial charge in [-0.2, -0.15) is 0 Å². The number of halogens is 3. The molecule has 2 aromatic rings. The van der Waals surface area contributed by atoms with E-state index in [9.17, 15) is 9.59 Å². The Labute approximate surface area is 160 Å². The minimum atomic E-state index is -0.195. The molecule has 1 fully saturated rings. The molecule has 25 heavy (non-hydrogen) atoms. The topological polar surface area (TPSA) is 53.5 Å². The fourth-order valence-corrected chi connectivity index (χ4v) is 3.28. The lowest BCUT2D eigenvalue weighted by atomic mass is 10.1. The van der Waals surface area contributed by atoms with Crippen LogP contribution in [0.25, 0.3) is 0 Å². The summed E-state index contributed by atoms with van der Waals surface area (Å²) in [5, 5.41) is 1.26. The smallest absolute Gasteiger partial charge is 0.272 e. The molecule has 2 heterocycles. The zero-order chi connectivity index (χ0) is 18.0. The van der Waals surface area contributed by atoms with Crippen molar-refractivity contribution < 1.29 is 9.59 Å². The molecular formula is C17H14Cl3N3O2.